The summed E-state index contributed by atoms with van der Waals surface area (Å²) in [6.45, 7) is 0. The lowest BCUT2D eigenvalue weighted by Crippen LogP contribution is -1.96. The van der Waals surface area contributed by atoms with Gasteiger partial charge in [0.1, 0.15) is 5.75 Å². The van der Waals surface area contributed by atoms with Crippen LogP contribution in [0.4, 0.5) is 0 Å². The minimum Gasteiger partial charge on any atom is -0.497 e. The number of ether oxygens (including phenoxy) is 1. The van der Waals surface area contributed by atoms with E-state index in [2.05, 4.69) is 4.98 Å². The van der Waals surface area contributed by atoms with Gasteiger partial charge in [0.25, 0.3) is 0 Å². The number of aromatic nitrogens is 3. The van der Waals surface area contributed by atoms with E-state index in [1.165, 1.54) is 0 Å². The zero-order chi connectivity index (χ0) is 19.5. The van der Waals surface area contributed by atoms with Crippen LogP contribution < -0.4 is 4.74 Å². The SMILES string of the molecule is COc1ccc(-c2cc(-c3ccc(Cl)c(Cl)c3)nc(-c3ccncc3)n2)cc1. The van der Waals surface area contributed by atoms with Crippen molar-refractivity contribution in [3.05, 3.63) is 83.1 Å². The molecule has 0 saturated carbocycles. The average Bonchev–Trinajstić information content (AvgIpc) is 2.76. The summed E-state index contributed by atoms with van der Waals surface area (Å²) in [4.78, 5) is 13.6. The van der Waals surface area contributed by atoms with Crippen LogP contribution in [0.5, 0.6) is 5.75 Å². The van der Waals surface area contributed by atoms with Crippen LogP contribution in [0.25, 0.3) is 33.9 Å². The Morgan fingerprint density at radius 1 is 0.679 bits per heavy atom. The van der Waals surface area contributed by atoms with Crippen LogP contribution in [-0.2, 0) is 0 Å². The van der Waals surface area contributed by atoms with Gasteiger partial charge in [-0.2, -0.15) is 0 Å². The van der Waals surface area contributed by atoms with Crippen LogP contribution in [0, 0.1) is 0 Å². The Balaban J connectivity index is 1.88. The van der Waals surface area contributed by atoms with Crippen molar-refractivity contribution in [2.24, 2.45) is 0 Å². The second-order valence-corrected chi connectivity index (χ2v) is 6.87. The largest absolute Gasteiger partial charge is 0.497 e. The molecule has 4 rings (SSSR count). The first-order chi connectivity index (χ1) is 13.6. The van der Waals surface area contributed by atoms with Crippen molar-refractivity contribution in [2.75, 3.05) is 7.11 Å². The number of methoxy groups -OCH3 is 1. The summed E-state index contributed by atoms with van der Waals surface area (Å²) >= 11 is 12.3. The molecule has 0 unspecified atom stereocenters. The lowest BCUT2D eigenvalue weighted by atomic mass is 10.1. The molecule has 2 aromatic heterocycles. The van der Waals surface area contributed by atoms with Crippen LogP contribution in [0.1, 0.15) is 0 Å². The number of halogens is 2. The Hall–Kier alpha value is -2.95. The Morgan fingerprint density at radius 3 is 1.96 bits per heavy atom. The molecule has 4 aromatic rings. The van der Waals surface area contributed by atoms with Crippen LogP contribution in [-0.4, -0.2) is 22.1 Å². The molecular formula is C22H15Cl2N3O. The molecule has 0 N–H and O–H groups in total. The summed E-state index contributed by atoms with van der Waals surface area (Å²) in [5.74, 6) is 1.40. The molecule has 28 heavy (non-hydrogen) atoms. The summed E-state index contributed by atoms with van der Waals surface area (Å²) in [5, 5.41) is 0.985. The van der Waals surface area contributed by atoms with Crippen molar-refractivity contribution in [2.45, 2.75) is 0 Å². The van der Waals surface area contributed by atoms with Gasteiger partial charge in [-0.3, -0.25) is 4.98 Å². The van der Waals surface area contributed by atoms with Crippen LogP contribution in [0.15, 0.2) is 73.1 Å². The van der Waals surface area contributed by atoms with Gasteiger partial charge < -0.3 is 4.74 Å². The zero-order valence-corrected chi connectivity index (χ0v) is 16.4. The number of hydrogen-bond acceptors (Lipinski definition) is 4. The van der Waals surface area contributed by atoms with E-state index in [1.807, 2.05) is 48.5 Å². The molecule has 0 fully saturated rings. The maximum atomic E-state index is 6.21. The van der Waals surface area contributed by atoms with Crippen molar-refractivity contribution in [1.29, 1.82) is 0 Å². The molecule has 6 heteroatoms. The van der Waals surface area contributed by atoms with Gasteiger partial charge in [0, 0.05) is 29.1 Å². The summed E-state index contributed by atoms with van der Waals surface area (Å²) in [6.07, 6.45) is 3.44. The third kappa shape index (κ3) is 3.84. The second kappa shape index (κ2) is 7.97. The van der Waals surface area contributed by atoms with Crippen LogP contribution in [0.3, 0.4) is 0 Å². The molecule has 0 amide bonds. The quantitative estimate of drug-likeness (QED) is 0.404. The highest BCUT2D eigenvalue weighted by Gasteiger charge is 2.11. The van der Waals surface area contributed by atoms with Gasteiger partial charge in [0.05, 0.1) is 28.5 Å². The lowest BCUT2D eigenvalue weighted by Gasteiger charge is -2.10. The lowest BCUT2D eigenvalue weighted by molar-refractivity contribution is 0.415. The molecule has 0 bridgehead atoms. The van der Waals surface area contributed by atoms with Crippen molar-refractivity contribution in [3.8, 4) is 39.7 Å². The zero-order valence-electron chi connectivity index (χ0n) is 14.9. The van der Waals surface area contributed by atoms with Crippen LogP contribution in [0.2, 0.25) is 10.0 Å². The van der Waals surface area contributed by atoms with Gasteiger partial charge in [-0.25, -0.2) is 9.97 Å². The molecular weight excluding hydrogens is 393 g/mol. The van der Waals surface area contributed by atoms with Gasteiger partial charge in [-0.15, -0.1) is 0 Å². The molecule has 2 heterocycles. The van der Waals surface area contributed by atoms with Gasteiger partial charge in [0.2, 0.25) is 0 Å². The van der Waals surface area contributed by atoms with E-state index in [-0.39, 0.29) is 0 Å². The van der Waals surface area contributed by atoms with Gasteiger partial charge in [0.15, 0.2) is 5.82 Å². The predicted molar refractivity (Wildman–Crippen MR) is 113 cm³/mol. The van der Waals surface area contributed by atoms with Crippen molar-refractivity contribution in [3.63, 3.8) is 0 Å². The molecule has 0 saturated heterocycles. The average molecular weight is 408 g/mol. The van der Waals surface area contributed by atoms with E-state index in [4.69, 9.17) is 37.9 Å². The van der Waals surface area contributed by atoms with E-state index in [1.54, 1.807) is 31.6 Å². The van der Waals surface area contributed by atoms with Crippen molar-refractivity contribution >= 4 is 23.2 Å². The fourth-order valence-corrected chi connectivity index (χ4v) is 3.09. The number of pyridine rings is 1. The highest BCUT2D eigenvalue weighted by Crippen LogP contribution is 2.31. The monoisotopic (exact) mass is 407 g/mol. The number of rotatable bonds is 4. The molecule has 0 spiro atoms. The summed E-state index contributed by atoms with van der Waals surface area (Å²) < 4.78 is 5.25. The molecule has 0 aliphatic heterocycles. The van der Waals surface area contributed by atoms with E-state index in [0.717, 1.165) is 33.8 Å². The van der Waals surface area contributed by atoms with Gasteiger partial charge in [-0.1, -0.05) is 29.3 Å². The van der Waals surface area contributed by atoms with E-state index < -0.39 is 0 Å². The first kappa shape index (κ1) is 18.4. The molecule has 4 nitrogen and oxygen atoms in total. The maximum absolute atomic E-state index is 6.21. The predicted octanol–water partition coefficient (Wildman–Crippen LogP) is 6.19. The van der Waals surface area contributed by atoms with E-state index in [0.29, 0.717) is 15.9 Å². The second-order valence-electron chi connectivity index (χ2n) is 6.06. The fourth-order valence-electron chi connectivity index (χ4n) is 2.79. The highest BCUT2D eigenvalue weighted by atomic mass is 35.5. The number of hydrogen-bond donors (Lipinski definition) is 0. The van der Waals surface area contributed by atoms with Crippen molar-refractivity contribution < 1.29 is 4.74 Å². The minimum atomic E-state index is 0.481. The first-order valence-corrected chi connectivity index (χ1v) is 9.29. The number of nitrogens with zero attached hydrogens (tertiary/aromatic N) is 3. The van der Waals surface area contributed by atoms with Crippen molar-refractivity contribution in [1.82, 2.24) is 15.0 Å². The molecule has 0 aliphatic carbocycles. The van der Waals surface area contributed by atoms with Crippen LogP contribution >= 0.6 is 23.2 Å². The molecule has 138 valence electrons. The fraction of sp³-hybridized carbons (Fsp3) is 0.0455. The first-order valence-electron chi connectivity index (χ1n) is 8.53. The van der Waals surface area contributed by atoms with Gasteiger partial charge in [-0.05, 0) is 54.6 Å². The molecule has 0 aliphatic rings. The Bertz CT molecular complexity index is 1120. The maximum Gasteiger partial charge on any atom is 0.160 e. The Morgan fingerprint density at radius 2 is 1.32 bits per heavy atom. The Labute approximate surface area is 172 Å². The third-order valence-corrected chi connectivity index (χ3v) is 5.00. The standard InChI is InChI=1S/C22H15Cl2N3O/c1-28-17-5-2-14(3-6-17)20-13-21(16-4-7-18(23)19(24)12-16)27-22(26-20)15-8-10-25-11-9-15/h2-13H,1H3. The smallest absolute Gasteiger partial charge is 0.160 e. The summed E-state index contributed by atoms with van der Waals surface area (Å²) in [7, 11) is 1.64. The third-order valence-electron chi connectivity index (χ3n) is 4.27. The molecule has 0 radical (unpaired) electrons. The summed E-state index contributed by atoms with van der Waals surface area (Å²) in [6, 6.07) is 18.9. The minimum absolute atomic E-state index is 0.481. The summed E-state index contributed by atoms with van der Waals surface area (Å²) in [5.41, 5.74) is 4.25. The Kier molecular flexibility index (Phi) is 5.24. The topological polar surface area (TPSA) is 47.9 Å². The number of benzene rings is 2. The van der Waals surface area contributed by atoms with E-state index >= 15 is 0 Å². The van der Waals surface area contributed by atoms with E-state index in [9.17, 15) is 0 Å². The normalized spacial score (nSPS) is 10.7. The van der Waals surface area contributed by atoms with Gasteiger partial charge >= 0.3 is 0 Å². The highest BCUT2D eigenvalue weighted by molar-refractivity contribution is 6.42. The molecule has 0 atom stereocenters. The molecule has 2 aromatic carbocycles.